The Kier molecular flexibility index (Phi) is 29.4. The number of aromatic amines is 5. The second-order valence-electron chi connectivity index (χ2n) is 34.3. The maximum absolute atomic E-state index is 12.9. The lowest BCUT2D eigenvalue weighted by molar-refractivity contribution is 0.180. The number of urea groups is 1. The van der Waals surface area contributed by atoms with Crippen LogP contribution in [-0.4, -0.2) is 100 Å². The van der Waals surface area contributed by atoms with Gasteiger partial charge >= 0.3 is 6.03 Å². The molecule has 0 saturated carbocycles. The predicted octanol–water partition coefficient (Wildman–Crippen LogP) is 27.4. The van der Waals surface area contributed by atoms with Crippen molar-refractivity contribution in [2.24, 2.45) is 0 Å². The lowest BCUT2D eigenvalue weighted by Gasteiger charge is -2.36. The molecule has 2 amide bonds. The summed E-state index contributed by atoms with van der Waals surface area (Å²) in [6.07, 6.45) is 6.72. The van der Waals surface area contributed by atoms with Gasteiger partial charge in [-0.2, -0.15) is 4.31 Å². The standard InChI is InChI=1S/C27H26ClN3O2.C25H23ClN2O3S.C20H21ClN2O.C18H15Cl3N2.C17H13Br2ClN2/c1-2-29-27(32)31-15-14-22-23-16-20(28)10-13-24(23)30-25(22)26(31)19-8-11-21(12-9-19)33-17-18-6-4-3-5-7-18;1-32(29,30)28-14-13-21-22-15-19(26)9-12-23(22)27-24(21)25(28)18-7-10-20(11-8-18)31-16-17-5-3-2-4-6-17;1-12(2)24-15-6-3-13(4-7-15)19-20-16(9-10-22-19)17-11-14(21)5-8-18(17)23-20;19-11-3-4-16-14(8-11)13-5-6-22-17(18(13)23-16)7-10-1-2-12(20)9-15(10)21;18-10-5-9(6-11(19)7-10)16-17-13(3-4-21-16)14-8-12(20)1-2-15(14)22-17/h3-13,16,26,30H,2,14-15,17H2,1H3,(H,29,32);2-12,15,25,27H,13-14,16H2,1H3;3-8,11-12,19,22-23H,9-10H2,1-2H3;1-4,8-9,17,22-23H,5-7H2;1-2,5-8,16,21-22H,3-4H2. The molecule has 0 bridgehead atoms. The number of nitrogens with one attached hydrogen (secondary N) is 9. The summed E-state index contributed by atoms with van der Waals surface area (Å²) >= 11 is 50.5. The van der Waals surface area contributed by atoms with E-state index < -0.39 is 16.1 Å². The monoisotopic (exact) mass is 2070 g/mol. The lowest BCUT2D eigenvalue weighted by atomic mass is 9.92. The zero-order chi connectivity index (χ0) is 93.0. The molecule has 12 aromatic carbocycles. The van der Waals surface area contributed by atoms with E-state index in [0.717, 1.165) is 176 Å². The van der Waals surface area contributed by atoms with Crippen LogP contribution in [0.5, 0.6) is 17.2 Å². The second-order valence-corrected chi connectivity index (χ2v) is 41.1. The Morgan fingerprint density at radius 2 is 0.799 bits per heavy atom. The maximum atomic E-state index is 12.9. The molecule has 10 heterocycles. The molecule has 5 unspecified atom stereocenters. The van der Waals surface area contributed by atoms with Gasteiger partial charge in [-0.1, -0.05) is 216 Å². The minimum atomic E-state index is -3.41. The summed E-state index contributed by atoms with van der Waals surface area (Å²) in [7, 11) is -3.41. The van der Waals surface area contributed by atoms with E-state index in [4.69, 9.17) is 95.4 Å². The number of halogens is 9. The Hall–Kier alpha value is -10.2. The molecule has 5 aliphatic heterocycles. The smallest absolute Gasteiger partial charge is 0.318 e. The maximum Gasteiger partial charge on any atom is 0.318 e. The number of H-pyrrole nitrogens is 5. The molecular weight excluding hydrogens is 1980 g/mol. The number of hydrogen-bond donors (Lipinski definition) is 9. The highest BCUT2D eigenvalue weighted by atomic mass is 79.9. The Labute approximate surface area is 830 Å². The van der Waals surface area contributed by atoms with Crippen molar-refractivity contribution in [3.05, 3.63) is 400 Å². The minimum absolute atomic E-state index is 0.0609. The van der Waals surface area contributed by atoms with Crippen molar-refractivity contribution in [3.63, 3.8) is 0 Å². The average Bonchev–Trinajstić information content (AvgIpc) is 0.860. The lowest BCUT2D eigenvalue weighted by Crippen LogP contribution is -2.46. The number of ether oxygens (including phenoxy) is 3. The van der Waals surface area contributed by atoms with Gasteiger partial charge in [-0.05, 0) is 290 Å². The predicted molar refractivity (Wildman–Crippen MR) is 555 cm³/mol. The van der Waals surface area contributed by atoms with E-state index in [1.165, 1.54) is 72.9 Å². The summed E-state index contributed by atoms with van der Waals surface area (Å²) in [5.74, 6) is 2.45. The van der Waals surface area contributed by atoms with Crippen LogP contribution in [0.15, 0.2) is 270 Å². The SMILES string of the molecule is CC(C)Oc1ccc(C2NCCc3c2[nH]c2ccc(Cl)cc32)cc1.CCNC(=O)N1CCc2c([nH]c3ccc(Cl)cc23)C1c1ccc(OCc2ccccc2)cc1.CS(=O)(=O)N1CCc2c([nH]c3ccc(Cl)cc23)C1c1ccc(OCc2ccccc2)cc1.Clc1ccc(CC2NCCc3c2[nH]c2ccc(Cl)cc32)c(Cl)c1.Clc1ccc2[nH]c3c(c2c1)CCNC3c1cc(Br)cc(Br)c1. The first-order valence-electron chi connectivity index (χ1n) is 44.8. The molecule has 5 aromatic heterocycles. The molecule has 0 spiro atoms. The van der Waals surface area contributed by atoms with E-state index in [9.17, 15) is 13.2 Å². The molecule has 22 rings (SSSR count). The van der Waals surface area contributed by atoms with Crippen molar-refractivity contribution in [2.75, 3.05) is 45.5 Å². The van der Waals surface area contributed by atoms with E-state index in [0.29, 0.717) is 59.4 Å². The number of hydrogen-bond acceptors (Lipinski definition) is 9. The topological polar surface area (TPSA) is 212 Å². The highest BCUT2D eigenvalue weighted by Crippen LogP contribution is 2.45. The molecule has 134 heavy (non-hydrogen) atoms. The van der Waals surface area contributed by atoms with Gasteiger partial charge in [-0.3, -0.25) is 0 Å². The third-order valence-corrected chi connectivity index (χ3v) is 29.0. The van der Waals surface area contributed by atoms with Gasteiger partial charge in [0.25, 0.3) is 0 Å². The van der Waals surface area contributed by atoms with Crippen molar-refractivity contribution in [2.45, 2.75) is 109 Å². The number of amides is 2. The summed E-state index contributed by atoms with van der Waals surface area (Å²) < 4.78 is 46.6. The summed E-state index contributed by atoms with van der Waals surface area (Å²) in [5.41, 5.74) is 25.3. The number of rotatable bonds is 16. The molecule has 9 N–H and O–H groups in total. The Morgan fingerprint density at radius 1 is 0.418 bits per heavy atom. The fourth-order valence-electron chi connectivity index (χ4n) is 19.1. The Bertz CT molecular complexity index is 7220. The third kappa shape index (κ3) is 21.3. The van der Waals surface area contributed by atoms with Crippen LogP contribution in [0.25, 0.3) is 54.5 Å². The number of carbonyl (C=O) groups excluding carboxylic acids is 1. The van der Waals surface area contributed by atoms with Gasteiger partial charge in [0.05, 0.1) is 42.6 Å². The largest absolute Gasteiger partial charge is 0.491 e. The van der Waals surface area contributed by atoms with Crippen molar-refractivity contribution in [3.8, 4) is 17.2 Å². The van der Waals surface area contributed by atoms with Crippen LogP contribution in [0.2, 0.25) is 35.2 Å². The van der Waals surface area contributed by atoms with Crippen LogP contribution in [0, 0.1) is 0 Å². The quantitative estimate of drug-likeness (QED) is 0.0450. The fraction of sp³-hybridized carbons (Fsp3) is 0.224. The first kappa shape index (κ1) is 94.2. The molecular formula is C107H98Br2Cl7N11O6S. The van der Waals surface area contributed by atoms with E-state index >= 15 is 0 Å². The number of fused-ring (bicyclic) bond motifs is 15. The van der Waals surface area contributed by atoms with Gasteiger partial charge in [0.15, 0.2) is 0 Å². The summed E-state index contributed by atoms with van der Waals surface area (Å²) in [6.45, 7) is 11.5. The molecule has 17 nitrogen and oxygen atoms in total. The average molecular weight is 2070 g/mol. The molecule has 0 radical (unpaired) electrons. The van der Waals surface area contributed by atoms with Crippen molar-refractivity contribution < 1.29 is 27.4 Å². The minimum Gasteiger partial charge on any atom is -0.491 e. The van der Waals surface area contributed by atoms with Crippen LogP contribution in [-0.2, 0) is 61.8 Å². The van der Waals surface area contributed by atoms with Crippen molar-refractivity contribution in [1.29, 1.82) is 0 Å². The summed E-state index contributed by atoms with van der Waals surface area (Å²) in [5, 5.41) is 24.8. The van der Waals surface area contributed by atoms with Crippen LogP contribution in [0.4, 0.5) is 4.79 Å². The van der Waals surface area contributed by atoms with Gasteiger partial charge in [-0.15, -0.1) is 0 Å². The second kappa shape index (κ2) is 41.8. The van der Waals surface area contributed by atoms with E-state index in [1.807, 2.05) is 226 Å². The zero-order valence-electron chi connectivity index (χ0n) is 73.8. The van der Waals surface area contributed by atoms with E-state index in [-0.39, 0.29) is 36.3 Å². The third-order valence-electron chi connectivity index (χ3n) is 25.1. The number of carbonyl (C=O) groups is 1. The van der Waals surface area contributed by atoms with E-state index in [1.54, 1.807) is 10.4 Å². The van der Waals surface area contributed by atoms with Gasteiger partial charge in [0, 0.05) is 160 Å². The normalized spacial score (nSPS) is 16.8. The Morgan fingerprint density at radius 3 is 1.25 bits per heavy atom. The first-order chi connectivity index (χ1) is 64.9. The van der Waals surface area contributed by atoms with Gasteiger partial charge < -0.3 is 65.3 Å². The number of sulfonamides is 1. The molecule has 5 aliphatic rings. The van der Waals surface area contributed by atoms with Crippen molar-refractivity contribution in [1.82, 2.24) is 55.4 Å². The van der Waals surface area contributed by atoms with Crippen LogP contribution in [0.3, 0.4) is 0 Å². The van der Waals surface area contributed by atoms with Crippen LogP contribution >= 0.6 is 113 Å². The van der Waals surface area contributed by atoms with E-state index in [2.05, 4.69) is 133 Å². The highest BCUT2D eigenvalue weighted by molar-refractivity contribution is 9.11. The molecule has 27 heteroatoms. The van der Waals surface area contributed by atoms with Gasteiger partial charge in [0.1, 0.15) is 30.5 Å². The first-order valence-corrected chi connectivity index (χ1v) is 50.9. The van der Waals surface area contributed by atoms with Crippen molar-refractivity contribution >= 4 is 184 Å². The number of aromatic nitrogens is 5. The number of benzene rings is 12. The van der Waals surface area contributed by atoms with Crippen LogP contribution in [0.1, 0.15) is 146 Å². The molecule has 17 aromatic rings. The molecule has 0 saturated heterocycles. The number of nitrogens with zero attached hydrogens (tertiary/aromatic N) is 2. The summed E-state index contributed by atoms with van der Waals surface area (Å²) in [4.78, 5) is 32.6. The Balaban J connectivity index is 0.000000113. The highest BCUT2D eigenvalue weighted by Gasteiger charge is 2.39. The molecule has 0 aliphatic carbocycles. The zero-order valence-corrected chi connectivity index (χ0v) is 83.1. The summed E-state index contributed by atoms with van der Waals surface area (Å²) in [6, 6.07) is 85.8. The molecule has 5 atom stereocenters. The fourth-order valence-corrected chi connectivity index (χ4v) is 22.8. The molecule has 0 fully saturated rings. The molecule has 686 valence electrons. The van der Waals surface area contributed by atoms with Gasteiger partial charge in [0.2, 0.25) is 10.0 Å². The van der Waals surface area contributed by atoms with Gasteiger partial charge in [-0.25, -0.2) is 13.2 Å². The van der Waals surface area contributed by atoms with Crippen LogP contribution < -0.4 is 35.5 Å².